The van der Waals surface area contributed by atoms with Crippen LogP contribution in [0.2, 0.25) is 0 Å². The van der Waals surface area contributed by atoms with Crippen molar-refractivity contribution < 1.29 is 14.6 Å². The van der Waals surface area contributed by atoms with Crippen LogP contribution in [-0.2, 0) is 9.53 Å². The Morgan fingerprint density at radius 1 is 1.44 bits per heavy atom. The Morgan fingerprint density at radius 2 is 2.11 bits per heavy atom. The monoisotopic (exact) mass is 252 g/mol. The molecule has 0 aliphatic carbocycles. The van der Waals surface area contributed by atoms with Crippen LogP contribution in [0.25, 0.3) is 0 Å². The van der Waals surface area contributed by atoms with Gasteiger partial charge in [0.15, 0.2) is 0 Å². The highest BCUT2D eigenvalue weighted by Gasteiger charge is 2.13. The number of aromatic hydroxyl groups is 1. The molecular formula is C13H20N2O3. The van der Waals surface area contributed by atoms with Crippen LogP contribution in [0.1, 0.15) is 17.5 Å². The number of nitrogens with two attached hydrogens (primary N) is 1. The molecule has 5 heteroatoms. The average Bonchev–Trinajstić information content (AvgIpc) is 2.33. The van der Waals surface area contributed by atoms with Gasteiger partial charge in [0.05, 0.1) is 12.5 Å². The predicted molar refractivity (Wildman–Crippen MR) is 70.7 cm³/mol. The fourth-order valence-corrected chi connectivity index (χ4v) is 1.61. The highest BCUT2D eigenvalue weighted by Crippen LogP contribution is 2.25. The zero-order valence-electron chi connectivity index (χ0n) is 11.0. The van der Waals surface area contributed by atoms with Crippen molar-refractivity contribution in [2.24, 2.45) is 5.73 Å². The Kier molecular flexibility index (Phi) is 5.12. The van der Waals surface area contributed by atoms with Crippen molar-refractivity contribution in [2.75, 3.05) is 19.0 Å². The van der Waals surface area contributed by atoms with Gasteiger partial charge in [0, 0.05) is 19.3 Å². The number of carbonyl (C=O) groups excluding carboxylic acids is 1. The zero-order valence-corrected chi connectivity index (χ0v) is 11.0. The second kappa shape index (κ2) is 6.37. The Hall–Kier alpha value is -1.59. The maximum atomic E-state index is 11.8. The number of anilines is 1. The molecule has 1 rings (SSSR count). The topological polar surface area (TPSA) is 84.6 Å². The SMILES string of the molecule is COC(CN)CC(=O)Nc1cc(C)c(O)cc1C. The van der Waals surface area contributed by atoms with Crippen LogP contribution in [0.3, 0.4) is 0 Å². The van der Waals surface area contributed by atoms with E-state index in [4.69, 9.17) is 10.5 Å². The summed E-state index contributed by atoms with van der Waals surface area (Å²) < 4.78 is 5.06. The predicted octanol–water partition coefficient (Wildman–Crippen LogP) is 1.31. The lowest BCUT2D eigenvalue weighted by Crippen LogP contribution is -2.28. The third-order valence-corrected chi connectivity index (χ3v) is 2.83. The van der Waals surface area contributed by atoms with Gasteiger partial charge in [-0.2, -0.15) is 0 Å². The van der Waals surface area contributed by atoms with Gasteiger partial charge < -0.3 is 20.9 Å². The smallest absolute Gasteiger partial charge is 0.227 e. The van der Waals surface area contributed by atoms with Crippen molar-refractivity contribution in [3.05, 3.63) is 23.3 Å². The number of rotatable bonds is 5. The van der Waals surface area contributed by atoms with Crippen molar-refractivity contribution in [1.29, 1.82) is 0 Å². The van der Waals surface area contributed by atoms with Gasteiger partial charge >= 0.3 is 0 Å². The first-order chi connectivity index (χ1) is 8.47. The summed E-state index contributed by atoms with van der Waals surface area (Å²) in [5.41, 5.74) is 7.69. The minimum Gasteiger partial charge on any atom is -0.508 e. The summed E-state index contributed by atoms with van der Waals surface area (Å²) in [6, 6.07) is 3.37. The molecule has 0 saturated carbocycles. The normalized spacial score (nSPS) is 12.2. The lowest BCUT2D eigenvalue weighted by atomic mass is 10.1. The number of hydrogen-bond acceptors (Lipinski definition) is 4. The van der Waals surface area contributed by atoms with Crippen LogP contribution >= 0.6 is 0 Å². The first-order valence-electron chi connectivity index (χ1n) is 5.80. The van der Waals surface area contributed by atoms with E-state index in [1.807, 2.05) is 6.92 Å². The summed E-state index contributed by atoms with van der Waals surface area (Å²) in [5.74, 6) is 0.0720. The Bertz CT molecular complexity index is 428. The quantitative estimate of drug-likeness (QED) is 0.690. The van der Waals surface area contributed by atoms with Crippen LogP contribution in [0.15, 0.2) is 12.1 Å². The minimum atomic E-state index is -0.275. The molecule has 0 aliphatic rings. The number of benzene rings is 1. The number of phenols is 1. The molecule has 1 atom stereocenters. The number of nitrogens with one attached hydrogen (secondary N) is 1. The van der Waals surface area contributed by atoms with Crippen molar-refractivity contribution in [2.45, 2.75) is 26.4 Å². The van der Waals surface area contributed by atoms with Gasteiger partial charge in [0.25, 0.3) is 0 Å². The summed E-state index contributed by atoms with van der Waals surface area (Å²) in [6.07, 6.45) is -0.0599. The third-order valence-electron chi connectivity index (χ3n) is 2.83. The Labute approximate surface area is 107 Å². The highest BCUT2D eigenvalue weighted by atomic mass is 16.5. The minimum absolute atomic E-state index is 0.152. The molecular weight excluding hydrogens is 232 g/mol. The third kappa shape index (κ3) is 3.72. The molecule has 0 heterocycles. The van der Waals surface area contributed by atoms with Crippen molar-refractivity contribution in [1.82, 2.24) is 0 Å². The van der Waals surface area contributed by atoms with E-state index < -0.39 is 0 Å². The van der Waals surface area contributed by atoms with Gasteiger partial charge in [-0.1, -0.05) is 0 Å². The van der Waals surface area contributed by atoms with Gasteiger partial charge in [-0.3, -0.25) is 4.79 Å². The number of amides is 1. The number of ether oxygens (including phenoxy) is 1. The van der Waals surface area contributed by atoms with Crippen molar-refractivity contribution in [3.8, 4) is 5.75 Å². The molecule has 1 aromatic carbocycles. The van der Waals surface area contributed by atoms with Gasteiger partial charge in [-0.05, 0) is 37.1 Å². The molecule has 0 spiro atoms. The second-order valence-electron chi connectivity index (χ2n) is 4.30. The zero-order chi connectivity index (χ0) is 13.7. The summed E-state index contributed by atoms with van der Waals surface area (Å²) in [4.78, 5) is 11.8. The van der Waals surface area contributed by atoms with Crippen molar-refractivity contribution >= 4 is 11.6 Å². The van der Waals surface area contributed by atoms with Gasteiger partial charge in [0.2, 0.25) is 5.91 Å². The number of carbonyl (C=O) groups is 1. The first-order valence-corrected chi connectivity index (χ1v) is 5.80. The summed E-state index contributed by atoms with van der Waals surface area (Å²) in [5, 5.41) is 12.3. The fraction of sp³-hybridized carbons (Fsp3) is 0.462. The fourth-order valence-electron chi connectivity index (χ4n) is 1.61. The summed E-state index contributed by atoms with van der Waals surface area (Å²) in [6.45, 7) is 3.91. The van der Waals surface area contributed by atoms with Crippen LogP contribution in [-0.4, -0.2) is 30.8 Å². The van der Waals surface area contributed by atoms with Crippen LogP contribution < -0.4 is 11.1 Å². The molecule has 0 radical (unpaired) electrons. The molecule has 1 amide bonds. The van der Waals surface area contributed by atoms with E-state index in [2.05, 4.69) is 5.32 Å². The van der Waals surface area contributed by atoms with E-state index in [0.29, 0.717) is 12.2 Å². The molecule has 0 fully saturated rings. The van der Waals surface area contributed by atoms with Crippen molar-refractivity contribution in [3.63, 3.8) is 0 Å². The van der Waals surface area contributed by atoms with E-state index in [-0.39, 0.29) is 24.2 Å². The molecule has 1 unspecified atom stereocenters. The number of phenolic OH excluding ortho intramolecular Hbond substituents is 1. The summed E-state index contributed by atoms with van der Waals surface area (Å²) in [7, 11) is 1.53. The molecule has 1 aromatic rings. The highest BCUT2D eigenvalue weighted by molar-refractivity contribution is 5.92. The lowest BCUT2D eigenvalue weighted by molar-refractivity contribution is -0.118. The molecule has 0 saturated heterocycles. The van der Waals surface area contributed by atoms with E-state index in [1.54, 1.807) is 19.1 Å². The molecule has 5 nitrogen and oxygen atoms in total. The standard InChI is InChI=1S/C13H20N2O3/c1-8-5-12(16)9(2)4-11(8)15-13(17)6-10(7-14)18-3/h4-5,10,16H,6-7,14H2,1-3H3,(H,15,17). The van der Waals surface area contributed by atoms with Gasteiger partial charge in [-0.25, -0.2) is 0 Å². The van der Waals surface area contributed by atoms with Gasteiger partial charge in [-0.15, -0.1) is 0 Å². The van der Waals surface area contributed by atoms with E-state index in [1.165, 1.54) is 7.11 Å². The number of aryl methyl sites for hydroxylation is 2. The summed E-state index contributed by atoms with van der Waals surface area (Å²) >= 11 is 0. The van der Waals surface area contributed by atoms with Crippen LogP contribution in [0.5, 0.6) is 5.75 Å². The lowest BCUT2D eigenvalue weighted by Gasteiger charge is -2.14. The van der Waals surface area contributed by atoms with Crippen LogP contribution in [0.4, 0.5) is 5.69 Å². The van der Waals surface area contributed by atoms with Crippen LogP contribution in [0, 0.1) is 13.8 Å². The Balaban J connectivity index is 2.73. The van der Waals surface area contributed by atoms with E-state index >= 15 is 0 Å². The average molecular weight is 252 g/mol. The maximum absolute atomic E-state index is 11.8. The molecule has 4 N–H and O–H groups in total. The van der Waals surface area contributed by atoms with Gasteiger partial charge in [0.1, 0.15) is 5.75 Å². The molecule has 0 aromatic heterocycles. The van der Waals surface area contributed by atoms with E-state index in [0.717, 1.165) is 11.1 Å². The largest absolute Gasteiger partial charge is 0.508 e. The maximum Gasteiger partial charge on any atom is 0.227 e. The number of hydrogen-bond donors (Lipinski definition) is 3. The Morgan fingerprint density at radius 3 is 2.67 bits per heavy atom. The molecule has 0 bridgehead atoms. The van der Waals surface area contributed by atoms with E-state index in [9.17, 15) is 9.90 Å². The second-order valence-corrected chi connectivity index (χ2v) is 4.30. The number of methoxy groups -OCH3 is 1. The molecule has 18 heavy (non-hydrogen) atoms. The molecule has 0 aliphatic heterocycles. The first kappa shape index (κ1) is 14.5. The molecule has 100 valence electrons.